The van der Waals surface area contributed by atoms with E-state index in [1.54, 1.807) is 4.52 Å². The summed E-state index contributed by atoms with van der Waals surface area (Å²) < 4.78 is 7.79. The third kappa shape index (κ3) is 2.99. The highest BCUT2D eigenvalue weighted by atomic mass is 35.5. The Balaban J connectivity index is 2.18. The van der Waals surface area contributed by atoms with Crippen molar-refractivity contribution in [2.45, 2.75) is 45.5 Å². The van der Waals surface area contributed by atoms with Crippen LogP contribution in [-0.4, -0.2) is 22.9 Å². The average Bonchev–Trinajstić information content (AvgIpc) is 2.73. The summed E-state index contributed by atoms with van der Waals surface area (Å²) in [6, 6.07) is 3.85. The Kier molecular flexibility index (Phi) is 3.73. The minimum absolute atomic E-state index is 0.204. The predicted molar refractivity (Wildman–Crippen MR) is 80.0 cm³/mol. The summed E-state index contributed by atoms with van der Waals surface area (Å²) in [6.45, 7) is 11.7. The molecule has 0 amide bonds. The second-order valence-corrected chi connectivity index (χ2v) is 11.5. The molecule has 0 atom stereocenters. The zero-order valence-corrected chi connectivity index (χ0v) is 13.8. The molecule has 2 aromatic heterocycles. The Morgan fingerprint density at radius 3 is 2.63 bits per heavy atom. The Labute approximate surface area is 119 Å². The fourth-order valence-electron chi connectivity index (χ4n) is 1.50. The van der Waals surface area contributed by atoms with Crippen LogP contribution in [0.25, 0.3) is 5.65 Å². The van der Waals surface area contributed by atoms with Crippen molar-refractivity contribution in [2.24, 2.45) is 0 Å². The van der Waals surface area contributed by atoms with Crippen molar-refractivity contribution in [3.8, 4) is 0 Å². The van der Waals surface area contributed by atoms with Gasteiger partial charge in [-0.25, -0.2) is 9.50 Å². The van der Waals surface area contributed by atoms with Crippen LogP contribution in [0, 0.1) is 0 Å². The summed E-state index contributed by atoms with van der Waals surface area (Å²) in [5, 5.41) is 4.81. The molecule has 0 saturated carbocycles. The molecule has 0 aliphatic heterocycles. The van der Waals surface area contributed by atoms with Crippen LogP contribution in [-0.2, 0) is 11.0 Å². The molecule has 0 N–H and O–H groups in total. The Morgan fingerprint density at radius 1 is 1.32 bits per heavy atom. The van der Waals surface area contributed by atoms with Crippen LogP contribution in [0.2, 0.25) is 23.3 Å². The topological polar surface area (TPSA) is 39.4 Å². The van der Waals surface area contributed by atoms with E-state index in [1.165, 1.54) is 6.33 Å². The van der Waals surface area contributed by atoms with Crippen LogP contribution < -0.4 is 0 Å². The normalized spacial score (nSPS) is 13.2. The van der Waals surface area contributed by atoms with Crippen molar-refractivity contribution in [1.29, 1.82) is 0 Å². The largest absolute Gasteiger partial charge is 0.413 e. The molecule has 0 aliphatic rings. The molecule has 0 aliphatic carbocycles. The van der Waals surface area contributed by atoms with Gasteiger partial charge in [-0.1, -0.05) is 32.4 Å². The Morgan fingerprint density at radius 2 is 2.00 bits per heavy atom. The number of hydrogen-bond donors (Lipinski definition) is 0. The first-order valence-corrected chi connectivity index (χ1v) is 9.61. The lowest BCUT2D eigenvalue weighted by Gasteiger charge is -2.36. The van der Waals surface area contributed by atoms with Gasteiger partial charge in [0.1, 0.15) is 11.5 Å². The van der Waals surface area contributed by atoms with Gasteiger partial charge in [0.2, 0.25) is 0 Å². The van der Waals surface area contributed by atoms with Gasteiger partial charge in [-0.3, -0.25) is 0 Å². The van der Waals surface area contributed by atoms with Crippen molar-refractivity contribution in [3.63, 3.8) is 0 Å². The zero-order valence-electron chi connectivity index (χ0n) is 12.1. The van der Waals surface area contributed by atoms with Gasteiger partial charge in [-0.2, -0.15) is 5.10 Å². The summed E-state index contributed by atoms with van der Waals surface area (Å²) >= 11 is 6.16. The molecule has 104 valence electrons. The Bertz CT molecular complexity index is 589. The van der Waals surface area contributed by atoms with Gasteiger partial charge in [-0.05, 0) is 35.8 Å². The second kappa shape index (κ2) is 4.88. The molecule has 2 rings (SSSR count). The van der Waals surface area contributed by atoms with Crippen LogP contribution >= 0.6 is 11.6 Å². The van der Waals surface area contributed by atoms with Crippen molar-refractivity contribution < 1.29 is 4.43 Å². The number of pyridine rings is 1. The van der Waals surface area contributed by atoms with Gasteiger partial charge in [0.25, 0.3) is 0 Å². The highest BCUT2D eigenvalue weighted by Crippen LogP contribution is 2.37. The van der Waals surface area contributed by atoms with E-state index in [9.17, 15) is 0 Å². The molecule has 4 nitrogen and oxygen atoms in total. The first-order chi connectivity index (χ1) is 8.71. The van der Waals surface area contributed by atoms with Gasteiger partial charge < -0.3 is 4.43 Å². The van der Waals surface area contributed by atoms with E-state index >= 15 is 0 Å². The number of nitrogens with zero attached hydrogens (tertiary/aromatic N) is 3. The lowest BCUT2D eigenvalue weighted by molar-refractivity contribution is 0.276. The minimum Gasteiger partial charge on any atom is -0.413 e. The van der Waals surface area contributed by atoms with E-state index in [-0.39, 0.29) is 5.04 Å². The summed E-state index contributed by atoms with van der Waals surface area (Å²) in [4.78, 5) is 4.16. The van der Waals surface area contributed by atoms with Crippen molar-refractivity contribution in [1.82, 2.24) is 14.6 Å². The Hall–Kier alpha value is -0.913. The van der Waals surface area contributed by atoms with Crippen molar-refractivity contribution in [2.75, 3.05) is 0 Å². The average molecular weight is 298 g/mol. The van der Waals surface area contributed by atoms with Gasteiger partial charge in [0.05, 0.1) is 6.61 Å². The monoisotopic (exact) mass is 297 g/mol. The van der Waals surface area contributed by atoms with Gasteiger partial charge in [0, 0.05) is 0 Å². The van der Waals surface area contributed by atoms with Crippen LogP contribution in [0.1, 0.15) is 26.3 Å². The first-order valence-electron chi connectivity index (χ1n) is 6.33. The molecular weight excluding hydrogens is 278 g/mol. The van der Waals surface area contributed by atoms with Crippen LogP contribution in [0.3, 0.4) is 0 Å². The van der Waals surface area contributed by atoms with E-state index in [4.69, 9.17) is 16.0 Å². The molecule has 6 heteroatoms. The molecule has 0 bridgehead atoms. The highest BCUT2D eigenvalue weighted by molar-refractivity contribution is 6.74. The molecule has 19 heavy (non-hydrogen) atoms. The van der Waals surface area contributed by atoms with Crippen LogP contribution in [0.5, 0.6) is 0 Å². The minimum atomic E-state index is -1.74. The van der Waals surface area contributed by atoms with E-state index in [0.29, 0.717) is 11.8 Å². The second-order valence-electron chi connectivity index (χ2n) is 6.27. The number of rotatable bonds is 3. The molecule has 0 saturated heterocycles. The number of aromatic nitrogens is 3. The van der Waals surface area contributed by atoms with Crippen LogP contribution in [0.4, 0.5) is 0 Å². The fraction of sp³-hybridized carbons (Fsp3) is 0.538. The third-order valence-corrected chi connectivity index (χ3v) is 8.55. The summed E-state index contributed by atoms with van der Waals surface area (Å²) in [5.74, 6) is 0. The van der Waals surface area contributed by atoms with E-state index in [2.05, 4.69) is 43.9 Å². The number of hydrogen-bond acceptors (Lipinski definition) is 3. The predicted octanol–water partition coefficient (Wildman–Crippen LogP) is 3.90. The number of halogens is 1. The zero-order chi connectivity index (χ0) is 14.3. The smallest absolute Gasteiger partial charge is 0.192 e. The summed E-state index contributed by atoms with van der Waals surface area (Å²) in [7, 11) is -1.74. The quantitative estimate of drug-likeness (QED) is 0.637. The molecule has 2 aromatic rings. The van der Waals surface area contributed by atoms with Crippen LogP contribution in [0.15, 0.2) is 18.5 Å². The maximum absolute atomic E-state index is 6.18. The van der Waals surface area contributed by atoms with Crippen molar-refractivity contribution >= 4 is 25.6 Å². The standard InChI is InChI=1S/C13H20ClN3OSi/c1-13(2,3)19(4,5)18-8-10-6-11(14)17-12(7-10)15-9-16-17/h6-7,9H,8H2,1-5H3. The van der Waals surface area contributed by atoms with Gasteiger partial charge in [-0.15, -0.1) is 0 Å². The maximum Gasteiger partial charge on any atom is 0.192 e. The molecule has 0 unspecified atom stereocenters. The number of fused-ring (bicyclic) bond motifs is 1. The summed E-state index contributed by atoms with van der Waals surface area (Å²) in [5.41, 5.74) is 1.79. The first kappa shape index (κ1) is 14.5. The molecule has 0 radical (unpaired) electrons. The lowest BCUT2D eigenvalue weighted by atomic mass is 10.2. The SMILES string of the molecule is CC(C)(C)[Si](C)(C)OCc1cc(Cl)n2ncnc2c1. The van der Waals surface area contributed by atoms with E-state index in [0.717, 1.165) is 11.2 Å². The molecule has 2 heterocycles. The lowest BCUT2D eigenvalue weighted by Crippen LogP contribution is -2.40. The highest BCUT2D eigenvalue weighted by Gasteiger charge is 2.37. The molecular formula is C13H20ClN3OSi. The third-order valence-electron chi connectivity index (χ3n) is 3.80. The van der Waals surface area contributed by atoms with E-state index in [1.807, 2.05) is 12.1 Å². The van der Waals surface area contributed by atoms with Gasteiger partial charge in [0.15, 0.2) is 14.0 Å². The van der Waals surface area contributed by atoms with Gasteiger partial charge >= 0.3 is 0 Å². The molecule has 0 fully saturated rings. The molecule has 0 aromatic carbocycles. The van der Waals surface area contributed by atoms with Crippen molar-refractivity contribution in [3.05, 3.63) is 29.2 Å². The summed E-state index contributed by atoms with van der Waals surface area (Å²) in [6.07, 6.45) is 1.50. The van der Waals surface area contributed by atoms with E-state index < -0.39 is 8.32 Å². The fourth-order valence-corrected chi connectivity index (χ4v) is 2.73. The maximum atomic E-state index is 6.18. The molecule has 0 spiro atoms.